The molecule has 0 amide bonds. The Hall–Kier alpha value is -1.15. The minimum Gasteiger partial charge on any atom is -0.370 e. The third kappa shape index (κ3) is 2.34. The summed E-state index contributed by atoms with van der Waals surface area (Å²) in [5.74, 6) is 0.269. The summed E-state index contributed by atoms with van der Waals surface area (Å²) in [6, 6.07) is 6.57. The van der Waals surface area contributed by atoms with E-state index in [1.165, 1.54) is 30.4 Å². The van der Waals surface area contributed by atoms with Gasteiger partial charge in [0.05, 0.1) is 0 Å². The van der Waals surface area contributed by atoms with E-state index in [9.17, 15) is 4.79 Å². The van der Waals surface area contributed by atoms with Crippen molar-refractivity contribution in [2.24, 2.45) is 0 Å². The first-order valence-corrected chi connectivity index (χ1v) is 7.43. The lowest BCUT2D eigenvalue weighted by molar-refractivity contribution is -0.139. The Morgan fingerprint density at radius 3 is 2.63 bits per heavy atom. The van der Waals surface area contributed by atoms with Crippen LogP contribution in [0.4, 0.5) is 0 Å². The average Bonchev–Trinajstić information content (AvgIpc) is 3.07. The number of ether oxygens (including phenoxy) is 1. The van der Waals surface area contributed by atoms with Crippen LogP contribution in [0.25, 0.3) is 0 Å². The van der Waals surface area contributed by atoms with Gasteiger partial charge in [-0.25, -0.2) is 0 Å². The number of benzene rings is 1. The minimum atomic E-state index is -0.487. The van der Waals surface area contributed by atoms with Crippen LogP contribution in [0.5, 0.6) is 0 Å². The van der Waals surface area contributed by atoms with E-state index in [2.05, 4.69) is 18.2 Å². The molecule has 0 radical (unpaired) electrons. The van der Waals surface area contributed by atoms with Crippen molar-refractivity contribution in [3.63, 3.8) is 0 Å². The van der Waals surface area contributed by atoms with E-state index < -0.39 is 5.60 Å². The van der Waals surface area contributed by atoms with Gasteiger partial charge in [-0.05, 0) is 61.6 Å². The second-order valence-corrected chi connectivity index (χ2v) is 5.96. The molecule has 2 aliphatic carbocycles. The van der Waals surface area contributed by atoms with Gasteiger partial charge in [0.15, 0.2) is 5.78 Å². The van der Waals surface area contributed by atoms with E-state index in [-0.39, 0.29) is 5.78 Å². The Kier molecular flexibility index (Phi) is 3.44. The van der Waals surface area contributed by atoms with Gasteiger partial charge in [-0.3, -0.25) is 4.79 Å². The van der Waals surface area contributed by atoms with Crippen LogP contribution in [0.15, 0.2) is 18.2 Å². The van der Waals surface area contributed by atoms with Crippen molar-refractivity contribution >= 4 is 5.78 Å². The maximum absolute atomic E-state index is 12.5. The van der Waals surface area contributed by atoms with Crippen LogP contribution in [0, 0.1) is 0 Å². The second-order valence-electron chi connectivity index (χ2n) is 5.96. The summed E-state index contributed by atoms with van der Waals surface area (Å²) in [7, 11) is 1.69. The lowest BCUT2D eigenvalue weighted by Crippen LogP contribution is -2.38. The summed E-state index contributed by atoms with van der Waals surface area (Å²) in [5, 5.41) is 0. The van der Waals surface area contributed by atoms with Crippen molar-refractivity contribution in [2.75, 3.05) is 7.11 Å². The Morgan fingerprint density at radius 2 is 1.89 bits per heavy atom. The smallest absolute Gasteiger partial charge is 0.168 e. The first-order chi connectivity index (χ1) is 9.23. The Labute approximate surface area is 115 Å². The molecule has 0 saturated heterocycles. The molecule has 102 valence electrons. The summed E-state index contributed by atoms with van der Waals surface area (Å²) in [6.07, 6.45) is 8.18. The number of carbonyl (C=O) groups is 1. The summed E-state index contributed by atoms with van der Waals surface area (Å²) < 4.78 is 5.58. The number of aryl methyl sites for hydroxylation is 2. The fourth-order valence-corrected chi connectivity index (χ4v) is 3.62. The quantitative estimate of drug-likeness (QED) is 0.828. The Bertz CT molecular complexity index is 484. The van der Waals surface area contributed by atoms with Crippen LogP contribution in [0.1, 0.15) is 48.8 Å². The molecule has 0 N–H and O–H groups in total. The number of ketones is 1. The van der Waals surface area contributed by atoms with E-state index >= 15 is 0 Å². The van der Waals surface area contributed by atoms with E-state index in [0.29, 0.717) is 6.42 Å². The van der Waals surface area contributed by atoms with Gasteiger partial charge in [0.1, 0.15) is 5.60 Å². The average molecular weight is 258 g/mol. The molecular formula is C17H22O2. The summed E-state index contributed by atoms with van der Waals surface area (Å²) in [5.41, 5.74) is 3.59. The third-order valence-corrected chi connectivity index (χ3v) is 4.84. The Morgan fingerprint density at radius 1 is 1.16 bits per heavy atom. The van der Waals surface area contributed by atoms with E-state index in [1.807, 2.05) is 0 Å². The van der Waals surface area contributed by atoms with Crippen molar-refractivity contribution < 1.29 is 9.53 Å². The lowest BCUT2D eigenvalue weighted by Gasteiger charge is -2.25. The molecule has 3 rings (SSSR count). The van der Waals surface area contributed by atoms with Gasteiger partial charge in [-0.1, -0.05) is 18.2 Å². The first-order valence-electron chi connectivity index (χ1n) is 7.43. The number of fused-ring (bicyclic) bond motifs is 1. The van der Waals surface area contributed by atoms with Crippen LogP contribution in [-0.2, 0) is 28.8 Å². The fraction of sp³-hybridized carbons (Fsp3) is 0.588. The largest absolute Gasteiger partial charge is 0.370 e. The molecule has 0 aliphatic heterocycles. The van der Waals surface area contributed by atoms with Gasteiger partial charge in [0.2, 0.25) is 0 Å². The molecule has 19 heavy (non-hydrogen) atoms. The number of carbonyl (C=O) groups excluding carboxylic acids is 1. The molecule has 1 fully saturated rings. The first kappa shape index (κ1) is 12.9. The normalized spacial score (nSPS) is 20.5. The highest BCUT2D eigenvalue weighted by Crippen LogP contribution is 2.34. The highest BCUT2D eigenvalue weighted by Gasteiger charge is 2.40. The van der Waals surface area contributed by atoms with Gasteiger partial charge in [0, 0.05) is 13.5 Å². The highest BCUT2D eigenvalue weighted by atomic mass is 16.5. The molecule has 1 saturated carbocycles. The number of methoxy groups -OCH3 is 1. The van der Waals surface area contributed by atoms with Crippen molar-refractivity contribution in [1.82, 2.24) is 0 Å². The molecule has 0 atom stereocenters. The summed E-state index contributed by atoms with van der Waals surface area (Å²) >= 11 is 0. The predicted octanol–water partition coefficient (Wildman–Crippen LogP) is 3.25. The molecule has 0 unspecified atom stereocenters. The maximum Gasteiger partial charge on any atom is 0.168 e. The molecule has 1 aromatic rings. The van der Waals surface area contributed by atoms with Crippen LogP contribution >= 0.6 is 0 Å². The molecule has 1 aromatic carbocycles. The lowest BCUT2D eigenvalue weighted by atomic mass is 9.90. The molecule has 0 aromatic heterocycles. The molecule has 2 heteroatoms. The van der Waals surface area contributed by atoms with Crippen molar-refractivity contribution in [1.29, 1.82) is 0 Å². The standard InChI is InChI=1S/C17H22O2/c1-19-17(9-2-3-10-17)16(18)12-13-7-8-14-5-4-6-15(14)11-13/h7-8,11H,2-6,9-10,12H2,1H3. The van der Waals surface area contributed by atoms with E-state index in [4.69, 9.17) is 4.74 Å². The van der Waals surface area contributed by atoms with Gasteiger partial charge in [-0.15, -0.1) is 0 Å². The molecular weight excluding hydrogens is 236 g/mol. The van der Waals surface area contributed by atoms with Crippen LogP contribution in [0.2, 0.25) is 0 Å². The zero-order chi connectivity index (χ0) is 13.3. The van der Waals surface area contributed by atoms with E-state index in [0.717, 1.165) is 31.2 Å². The van der Waals surface area contributed by atoms with Crippen molar-refractivity contribution in [2.45, 2.75) is 57.0 Å². The third-order valence-electron chi connectivity index (χ3n) is 4.84. The molecule has 2 nitrogen and oxygen atoms in total. The van der Waals surface area contributed by atoms with Crippen molar-refractivity contribution in [3.05, 3.63) is 34.9 Å². The van der Waals surface area contributed by atoms with E-state index in [1.54, 1.807) is 7.11 Å². The highest BCUT2D eigenvalue weighted by molar-refractivity contribution is 5.89. The van der Waals surface area contributed by atoms with Gasteiger partial charge < -0.3 is 4.74 Å². The number of rotatable bonds is 4. The monoisotopic (exact) mass is 258 g/mol. The molecule has 0 bridgehead atoms. The summed E-state index contributed by atoms with van der Waals surface area (Å²) in [4.78, 5) is 12.5. The molecule has 2 aliphatic rings. The van der Waals surface area contributed by atoms with Crippen molar-refractivity contribution in [3.8, 4) is 0 Å². The zero-order valence-corrected chi connectivity index (χ0v) is 11.7. The van der Waals surface area contributed by atoms with Gasteiger partial charge in [-0.2, -0.15) is 0 Å². The number of hydrogen-bond acceptors (Lipinski definition) is 2. The topological polar surface area (TPSA) is 26.3 Å². The molecule has 0 heterocycles. The summed E-state index contributed by atoms with van der Waals surface area (Å²) in [6.45, 7) is 0. The zero-order valence-electron chi connectivity index (χ0n) is 11.7. The Balaban J connectivity index is 1.76. The SMILES string of the molecule is COC1(C(=O)Cc2ccc3c(c2)CCC3)CCCC1. The van der Waals surface area contributed by atoms with Crippen LogP contribution < -0.4 is 0 Å². The predicted molar refractivity (Wildman–Crippen MR) is 75.4 cm³/mol. The number of hydrogen-bond donors (Lipinski definition) is 0. The van der Waals surface area contributed by atoms with Gasteiger partial charge in [0.25, 0.3) is 0 Å². The number of Topliss-reactive ketones (excluding diaryl/α,β-unsaturated/α-hetero) is 1. The van der Waals surface area contributed by atoms with Crippen LogP contribution in [-0.4, -0.2) is 18.5 Å². The van der Waals surface area contributed by atoms with Gasteiger partial charge >= 0.3 is 0 Å². The second kappa shape index (κ2) is 5.09. The van der Waals surface area contributed by atoms with Crippen LogP contribution in [0.3, 0.4) is 0 Å². The maximum atomic E-state index is 12.5. The fourth-order valence-electron chi connectivity index (χ4n) is 3.62. The molecule has 0 spiro atoms. The minimum absolute atomic E-state index is 0.269.